The van der Waals surface area contributed by atoms with Crippen LogP contribution < -0.4 is 4.90 Å². The van der Waals surface area contributed by atoms with E-state index in [1.807, 2.05) is 0 Å². The smallest absolute Gasteiger partial charge is 0.370 e. The maximum absolute atomic E-state index is 12.9. The van der Waals surface area contributed by atoms with Gasteiger partial charge in [-0.2, -0.15) is 13.2 Å². The molecule has 3 aliphatic heterocycles. The van der Waals surface area contributed by atoms with E-state index in [0.717, 1.165) is 17.0 Å². The molecule has 0 aliphatic carbocycles. The van der Waals surface area contributed by atoms with Crippen molar-refractivity contribution in [3.8, 4) is 0 Å². The molecule has 3 aliphatic rings. The SMILES string of the molecule is CC12CCC(O1)[C@H]1C(=O)N(c3cccc(C(F)(F)F)c3)C(=O)C12. The number of amides is 2. The predicted molar refractivity (Wildman–Crippen MR) is 73.4 cm³/mol. The van der Waals surface area contributed by atoms with Gasteiger partial charge in [0.2, 0.25) is 11.8 Å². The average molecular weight is 325 g/mol. The highest BCUT2D eigenvalue weighted by molar-refractivity contribution is 6.23. The Kier molecular flexibility index (Phi) is 2.77. The van der Waals surface area contributed by atoms with Crippen molar-refractivity contribution in [3.05, 3.63) is 29.8 Å². The molecule has 4 atom stereocenters. The zero-order chi connectivity index (χ0) is 16.6. The van der Waals surface area contributed by atoms with E-state index in [1.165, 1.54) is 12.1 Å². The summed E-state index contributed by atoms with van der Waals surface area (Å²) in [6, 6.07) is 4.34. The summed E-state index contributed by atoms with van der Waals surface area (Å²) < 4.78 is 44.4. The molecule has 122 valence electrons. The fourth-order valence-corrected chi connectivity index (χ4v) is 4.16. The van der Waals surface area contributed by atoms with E-state index in [0.29, 0.717) is 12.8 Å². The molecule has 1 aromatic rings. The number of hydrogen-bond donors (Lipinski definition) is 0. The van der Waals surface area contributed by atoms with Crippen LogP contribution in [0.5, 0.6) is 0 Å². The number of alkyl halides is 3. The molecule has 7 heteroatoms. The van der Waals surface area contributed by atoms with Crippen LogP contribution in [0.3, 0.4) is 0 Å². The van der Waals surface area contributed by atoms with Gasteiger partial charge in [0, 0.05) is 0 Å². The van der Waals surface area contributed by atoms with E-state index in [2.05, 4.69) is 0 Å². The molecule has 1 aromatic carbocycles. The number of benzene rings is 1. The van der Waals surface area contributed by atoms with Gasteiger partial charge in [-0.1, -0.05) is 6.07 Å². The van der Waals surface area contributed by atoms with E-state index in [4.69, 9.17) is 4.74 Å². The Morgan fingerprint density at radius 2 is 2.00 bits per heavy atom. The van der Waals surface area contributed by atoms with Crippen LogP contribution in [-0.4, -0.2) is 23.5 Å². The van der Waals surface area contributed by atoms with Crippen LogP contribution in [0, 0.1) is 11.8 Å². The van der Waals surface area contributed by atoms with E-state index in [-0.39, 0.29) is 11.8 Å². The normalized spacial score (nSPS) is 36.0. The van der Waals surface area contributed by atoms with Crippen molar-refractivity contribution in [2.75, 3.05) is 4.90 Å². The molecule has 4 rings (SSSR count). The molecule has 3 heterocycles. The lowest BCUT2D eigenvalue weighted by molar-refractivity contribution is -0.137. The van der Waals surface area contributed by atoms with Gasteiger partial charge < -0.3 is 4.74 Å². The van der Waals surface area contributed by atoms with E-state index >= 15 is 0 Å². The molecular weight excluding hydrogens is 311 g/mol. The molecule has 3 saturated heterocycles. The Balaban J connectivity index is 1.74. The Morgan fingerprint density at radius 3 is 2.65 bits per heavy atom. The zero-order valence-electron chi connectivity index (χ0n) is 12.3. The Hall–Kier alpha value is -1.89. The number of carbonyl (C=O) groups is 2. The molecular formula is C16H14F3NO3. The first-order valence-corrected chi connectivity index (χ1v) is 7.45. The number of anilines is 1. The first-order valence-electron chi connectivity index (χ1n) is 7.45. The summed E-state index contributed by atoms with van der Waals surface area (Å²) in [5.74, 6) is -2.07. The summed E-state index contributed by atoms with van der Waals surface area (Å²) in [6.45, 7) is 1.80. The number of fused-ring (bicyclic) bond motifs is 5. The van der Waals surface area contributed by atoms with Gasteiger partial charge in [0.25, 0.3) is 0 Å². The highest BCUT2D eigenvalue weighted by Crippen LogP contribution is 2.55. The number of rotatable bonds is 1. The van der Waals surface area contributed by atoms with E-state index < -0.39 is 41.0 Å². The average Bonchev–Trinajstić information content (AvgIpc) is 3.07. The molecule has 4 nitrogen and oxygen atoms in total. The first kappa shape index (κ1) is 14.7. The lowest BCUT2D eigenvalue weighted by Crippen LogP contribution is -2.39. The minimum atomic E-state index is -4.52. The van der Waals surface area contributed by atoms with Crippen LogP contribution in [0.2, 0.25) is 0 Å². The lowest BCUT2D eigenvalue weighted by Gasteiger charge is -2.26. The summed E-state index contributed by atoms with van der Waals surface area (Å²) in [5, 5.41) is 0. The molecule has 3 unspecified atom stereocenters. The molecule has 23 heavy (non-hydrogen) atoms. The third-order valence-corrected chi connectivity index (χ3v) is 5.19. The van der Waals surface area contributed by atoms with Gasteiger partial charge in [0.05, 0.1) is 34.8 Å². The van der Waals surface area contributed by atoms with Crippen LogP contribution in [0.4, 0.5) is 18.9 Å². The largest absolute Gasteiger partial charge is 0.416 e. The summed E-state index contributed by atoms with van der Waals surface area (Å²) >= 11 is 0. The van der Waals surface area contributed by atoms with Gasteiger partial charge in [-0.3, -0.25) is 9.59 Å². The first-order chi connectivity index (χ1) is 10.7. The van der Waals surface area contributed by atoms with Crippen molar-refractivity contribution in [2.45, 2.75) is 37.6 Å². The molecule has 0 radical (unpaired) electrons. The molecule has 2 amide bonds. The third-order valence-electron chi connectivity index (χ3n) is 5.19. The molecule has 3 fully saturated rings. The summed E-state index contributed by atoms with van der Waals surface area (Å²) in [5.41, 5.74) is -1.58. The molecule has 0 aromatic heterocycles. The van der Waals surface area contributed by atoms with Crippen molar-refractivity contribution in [1.29, 1.82) is 0 Å². The summed E-state index contributed by atoms with van der Waals surface area (Å²) in [6.07, 6.45) is -3.44. The van der Waals surface area contributed by atoms with Crippen LogP contribution in [0.15, 0.2) is 24.3 Å². The Labute approximate surface area is 130 Å². The van der Waals surface area contributed by atoms with Crippen LogP contribution in [-0.2, 0) is 20.5 Å². The standard InChI is InChI=1S/C16H14F3NO3/c1-15-6-5-10(23-15)11-12(15)14(22)20(13(11)21)9-4-2-3-8(7-9)16(17,18)19/h2-4,7,10-12H,5-6H2,1H3/t10?,11-,12?,15?/m1/s1. The van der Waals surface area contributed by atoms with Gasteiger partial charge in [-0.25, -0.2) is 4.90 Å². The second kappa shape index (κ2) is 4.35. The quantitative estimate of drug-likeness (QED) is 0.746. The van der Waals surface area contributed by atoms with Gasteiger partial charge >= 0.3 is 6.18 Å². The summed E-state index contributed by atoms with van der Waals surface area (Å²) in [4.78, 5) is 26.2. The molecule has 0 saturated carbocycles. The van der Waals surface area contributed by atoms with Crippen molar-refractivity contribution in [1.82, 2.24) is 0 Å². The van der Waals surface area contributed by atoms with Crippen molar-refractivity contribution < 1.29 is 27.5 Å². The molecule has 0 N–H and O–H groups in total. The Bertz CT molecular complexity index is 717. The zero-order valence-corrected chi connectivity index (χ0v) is 12.3. The van der Waals surface area contributed by atoms with Gasteiger partial charge in [0.1, 0.15) is 0 Å². The predicted octanol–water partition coefficient (Wildman–Crippen LogP) is 2.76. The number of hydrogen-bond acceptors (Lipinski definition) is 3. The minimum absolute atomic E-state index is 0.0211. The number of halogens is 3. The fourth-order valence-electron chi connectivity index (χ4n) is 4.16. The Morgan fingerprint density at radius 1 is 1.26 bits per heavy atom. The second-order valence-corrected chi connectivity index (χ2v) is 6.57. The van der Waals surface area contributed by atoms with Crippen LogP contribution in [0.1, 0.15) is 25.3 Å². The fraction of sp³-hybridized carbons (Fsp3) is 0.500. The van der Waals surface area contributed by atoms with Crippen molar-refractivity contribution >= 4 is 17.5 Å². The highest BCUT2D eigenvalue weighted by atomic mass is 19.4. The monoisotopic (exact) mass is 325 g/mol. The summed E-state index contributed by atoms with van der Waals surface area (Å²) in [7, 11) is 0. The van der Waals surface area contributed by atoms with Crippen LogP contribution >= 0.6 is 0 Å². The maximum atomic E-state index is 12.9. The molecule has 0 spiro atoms. The highest BCUT2D eigenvalue weighted by Gasteiger charge is 2.67. The maximum Gasteiger partial charge on any atom is 0.416 e. The number of ether oxygens (including phenoxy) is 1. The number of carbonyl (C=O) groups excluding carboxylic acids is 2. The van der Waals surface area contributed by atoms with Gasteiger partial charge in [-0.05, 0) is 38.0 Å². The van der Waals surface area contributed by atoms with Gasteiger partial charge in [0.15, 0.2) is 0 Å². The topological polar surface area (TPSA) is 46.6 Å². The second-order valence-electron chi connectivity index (χ2n) is 6.57. The van der Waals surface area contributed by atoms with E-state index in [1.54, 1.807) is 6.92 Å². The van der Waals surface area contributed by atoms with E-state index in [9.17, 15) is 22.8 Å². The third kappa shape index (κ3) is 1.89. The molecule has 2 bridgehead atoms. The minimum Gasteiger partial charge on any atom is -0.370 e. The van der Waals surface area contributed by atoms with Crippen LogP contribution in [0.25, 0.3) is 0 Å². The lowest BCUT2D eigenvalue weighted by atomic mass is 9.74. The van der Waals surface area contributed by atoms with Crippen molar-refractivity contribution in [2.24, 2.45) is 11.8 Å². The van der Waals surface area contributed by atoms with Gasteiger partial charge in [-0.15, -0.1) is 0 Å². The number of imide groups is 1. The van der Waals surface area contributed by atoms with Crippen molar-refractivity contribution in [3.63, 3.8) is 0 Å². The number of nitrogens with zero attached hydrogens (tertiary/aromatic N) is 1.